The van der Waals surface area contributed by atoms with Gasteiger partial charge in [-0.25, -0.2) is 23.1 Å². The van der Waals surface area contributed by atoms with Crippen molar-refractivity contribution in [1.82, 2.24) is 19.6 Å². The molecule has 2 aromatic carbocycles. The predicted octanol–water partition coefficient (Wildman–Crippen LogP) is 3.03. The first-order chi connectivity index (χ1) is 16.8. The summed E-state index contributed by atoms with van der Waals surface area (Å²) in [4.78, 5) is 25.6. The zero-order chi connectivity index (χ0) is 25.0. The third kappa shape index (κ3) is 5.50. The zero-order valence-corrected chi connectivity index (χ0v) is 21.0. The number of rotatable bonds is 9. The van der Waals surface area contributed by atoms with E-state index in [1.165, 1.54) is 0 Å². The average Bonchev–Trinajstić information content (AvgIpc) is 2.97. The highest BCUT2D eigenvalue weighted by atomic mass is 32.2. The Morgan fingerprint density at radius 3 is 2.49 bits per heavy atom. The number of amides is 1. The van der Waals surface area contributed by atoms with Crippen molar-refractivity contribution in [3.05, 3.63) is 60.3 Å². The van der Waals surface area contributed by atoms with Crippen LogP contribution in [-0.2, 0) is 21.2 Å². The fourth-order valence-electron chi connectivity index (χ4n) is 4.02. The highest BCUT2D eigenvalue weighted by Gasteiger charge is 2.24. The van der Waals surface area contributed by atoms with Crippen molar-refractivity contribution in [3.63, 3.8) is 0 Å². The van der Waals surface area contributed by atoms with E-state index in [1.54, 1.807) is 42.4 Å². The Balaban J connectivity index is 1.51. The van der Waals surface area contributed by atoms with Gasteiger partial charge in [-0.2, -0.15) is 0 Å². The monoisotopic (exact) mass is 494 g/mol. The molecule has 35 heavy (non-hydrogen) atoms. The summed E-state index contributed by atoms with van der Waals surface area (Å²) < 4.78 is 27.9. The van der Waals surface area contributed by atoms with E-state index >= 15 is 0 Å². The van der Waals surface area contributed by atoms with Gasteiger partial charge in [-0.15, -0.1) is 0 Å². The maximum Gasteiger partial charge on any atom is 0.240 e. The quantitative estimate of drug-likeness (QED) is 0.471. The summed E-state index contributed by atoms with van der Waals surface area (Å²) in [6.45, 7) is 6.87. The summed E-state index contributed by atoms with van der Waals surface area (Å²) in [6, 6.07) is 14.1. The normalized spacial score (nSPS) is 13.4. The maximum absolute atomic E-state index is 12.6. The number of benzene rings is 2. The Hall–Kier alpha value is -3.34. The van der Waals surface area contributed by atoms with Crippen LogP contribution in [0, 0.1) is 0 Å². The van der Waals surface area contributed by atoms with Gasteiger partial charge in [-0.3, -0.25) is 4.79 Å². The molecule has 0 unspecified atom stereocenters. The van der Waals surface area contributed by atoms with Crippen LogP contribution in [0.3, 0.4) is 0 Å². The zero-order valence-electron chi connectivity index (χ0n) is 20.2. The molecule has 1 amide bonds. The summed E-state index contributed by atoms with van der Waals surface area (Å²) >= 11 is 0. The lowest BCUT2D eigenvalue weighted by molar-refractivity contribution is -0.117. The SMILES string of the molecule is CCN(CC)CCNS(=O)(=O)c1ccc(Nc2ncc3c(n2)-c2ccccc2N(C)C(=O)C3)cc1. The van der Waals surface area contributed by atoms with E-state index < -0.39 is 10.0 Å². The molecule has 0 saturated carbocycles. The van der Waals surface area contributed by atoms with Crippen LogP contribution in [0.4, 0.5) is 17.3 Å². The number of carbonyl (C=O) groups excluding carboxylic acids is 1. The van der Waals surface area contributed by atoms with Gasteiger partial charge in [0.05, 0.1) is 22.7 Å². The molecule has 2 heterocycles. The minimum Gasteiger partial charge on any atom is -0.324 e. The van der Waals surface area contributed by atoms with Crippen molar-refractivity contribution in [1.29, 1.82) is 0 Å². The van der Waals surface area contributed by atoms with Crippen LogP contribution in [0.2, 0.25) is 0 Å². The molecule has 0 bridgehead atoms. The molecule has 10 heteroatoms. The first-order valence-electron chi connectivity index (χ1n) is 11.6. The molecule has 9 nitrogen and oxygen atoms in total. The minimum absolute atomic E-state index is 0.0250. The van der Waals surface area contributed by atoms with Gasteiger partial charge in [-0.1, -0.05) is 32.0 Å². The van der Waals surface area contributed by atoms with Gasteiger partial charge in [0.15, 0.2) is 0 Å². The molecule has 1 aromatic heterocycles. The molecule has 0 fully saturated rings. The second-order valence-corrected chi connectivity index (χ2v) is 10.1. The number of para-hydroxylation sites is 1. The number of sulfonamides is 1. The van der Waals surface area contributed by atoms with Crippen LogP contribution in [0.1, 0.15) is 19.4 Å². The first kappa shape index (κ1) is 24.8. The Kier molecular flexibility index (Phi) is 7.44. The van der Waals surface area contributed by atoms with Gasteiger partial charge in [-0.05, 0) is 43.4 Å². The Morgan fingerprint density at radius 2 is 1.77 bits per heavy atom. The van der Waals surface area contributed by atoms with E-state index in [4.69, 9.17) is 0 Å². The van der Waals surface area contributed by atoms with E-state index in [1.807, 2.05) is 38.1 Å². The molecule has 0 atom stereocenters. The number of nitrogens with one attached hydrogen (secondary N) is 2. The van der Waals surface area contributed by atoms with E-state index in [-0.39, 0.29) is 17.2 Å². The summed E-state index contributed by atoms with van der Waals surface area (Å²) in [5.74, 6) is 0.339. The van der Waals surface area contributed by atoms with Crippen molar-refractivity contribution >= 4 is 33.3 Å². The minimum atomic E-state index is -3.59. The van der Waals surface area contributed by atoms with Gasteiger partial charge in [0.25, 0.3) is 0 Å². The average molecular weight is 495 g/mol. The molecule has 0 saturated heterocycles. The van der Waals surface area contributed by atoms with Gasteiger partial charge in [0, 0.05) is 43.1 Å². The van der Waals surface area contributed by atoms with Crippen molar-refractivity contribution in [2.24, 2.45) is 0 Å². The van der Waals surface area contributed by atoms with Crippen molar-refractivity contribution < 1.29 is 13.2 Å². The van der Waals surface area contributed by atoms with E-state index in [2.05, 4.69) is 24.9 Å². The molecule has 0 aliphatic carbocycles. The van der Waals surface area contributed by atoms with E-state index in [9.17, 15) is 13.2 Å². The molecule has 2 N–H and O–H groups in total. The first-order valence-corrected chi connectivity index (χ1v) is 13.1. The third-order valence-electron chi connectivity index (χ3n) is 6.14. The second kappa shape index (κ2) is 10.5. The van der Waals surface area contributed by atoms with E-state index in [0.717, 1.165) is 29.9 Å². The predicted molar refractivity (Wildman–Crippen MR) is 137 cm³/mol. The van der Waals surface area contributed by atoms with Crippen LogP contribution >= 0.6 is 0 Å². The maximum atomic E-state index is 12.6. The number of likely N-dealkylation sites (N-methyl/N-ethyl adjacent to an activating group) is 2. The summed E-state index contributed by atoms with van der Waals surface area (Å²) in [6.07, 6.45) is 1.88. The highest BCUT2D eigenvalue weighted by Crippen LogP contribution is 2.35. The van der Waals surface area contributed by atoms with Crippen molar-refractivity contribution in [2.45, 2.75) is 25.2 Å². The largest absolute Gasteiger partial charge is 0.324 e. The molecular formula is C25H30N6O3S. The molecule has 0 spiro atoms. The topological polar surface area (TPSA) is 108 Å². The van der Waals surface area contributed by atoms with Crippen LogP contribution in [0.15, 0.2) is 59.6 Å². The lowest BCUT2D eigenvalue weighted by atomic mass is 10.1. The van der Waals surface area contributed by atoms with Gasteiger partial charge in [0.2, 0.25) is 21.9 Å². The number of hydrogen-bond acceptors (Lipinski definition) is 7. The number of aromatic nitrogens is 2. The second-order valence-electron chi connectivity index (χ2n) is 8.29. The Bertz CT molecular complexity index is 1310. The molecule has 1 aliphatic rings. The summed E-state index contributed by atoms with van der Waals surface area (Å²) in [5.41, 5.74) is 3.77. The van der Waals surface area contributed by atoms with Crippen LogP contribution in [0.25, 0.3) is 11.3 Å². The molecule has 3 aromatic rings. The molecule has 1 aliphatic heterocycles. The van der Waals surface area contributed by atoms with Gasteiger partial charge >= 0.3 is 0 Å². The standard InChI is InChI=1S/C25H30N6O3S/c1-4-31(5-2)15-14-27-35(33,34)20-12-10-19(11-13-20)28-25-26-17-18-16-23(32)30(3)22-9-7-6-8-21(22)24(18)29-25/h6-13,17,27H,4-5,14-16H2,1-3H3,(H,26,28,29). The number of anilines is 3. The van der Waals surface area contributed by atoms with Crippen LogP contribution in [-0.4, -0.2) is 62.4 Å². The van der Waals surface area contributed by atoms with Gasteiger partial charge < -0.3 is 15.1 Å². The van der Waals surface area contributed by atoms with E-state index in [0.29, 0.717) is 30.4 Å². The number of nitrogens with zero attached hydrogens (tertiary/aromatic N) is 4. The highest BCUT2D eigenvalue weighted by molar-refractivity contribution is 7.89. The molecule has 4 rings (SSSR count). The lowest BCUT2D eigenvalue weighted by Crippen LogP contribution is -2.34. The van der Waals surface area contributed by atoms with Gasteiger partial charge in [0.1, 0.15) is 0 Å². The Morgan fingerprint density at radius 1 is 1.06 bits per heavy atom. The molecular weight excluding hydrogens is 464 g/mol. The summed E-state index contributed by atoms with van der Waals surface area (Å²) in [7, 11) is -1.84. The fraction of sp³-hybridized carbons (Fsp3) is 0.320. The Labute approximate surface area is 206 Å². The summed E-state index contributed by atoms with van der Waals surface area (Å²) in [5, 5.41) is 3.14. The van der Waals surface area contributed by atoms with Crippen LogP contribution in [0.5, 0.6) is 0 Å². The number of hydrogen-bond donors (Lipinski definition) is 2. The lowest BCUT2D eigenvalue weighted by Gasteiger charge is -2.18. The third-order valence-corrected chi connectivity index (χ3v) is 7.61. The van der Waals surface area contributed by atoms with Crippen molar-refractivity contribution in [3.8, 4) is 11.3 Å². The number of fused-ring (bicyclic) bond motifs is 3. The molecule has 0 radical (unpaired) electrons. The number of carbonyl (C=O) groups is 1. The molecule has 184 valence electrons. The smallest absolute Gasteiger partial charge is 0.240 e. The fourth-order valence-corrected chi connectivity index (χ4v) is 5.04. The van der Waals surface area contributed by atoms with Crippen LogP contribution < -0.4 is 14.9 Å². The van der Waals surface area contributed by atoms with Crippen molar-refractivity contribution in [2.75, 3.05) is 43.4 Å².